The van der Waals surface area contributed by atoms with Crippen molar-refractivity contribution >= 4 is 5.82 Å². The molecule has 0 fully saturated rings. The summed E-state index contributed by atoms with van der Waals surface area (Å²) in [6.07, 6.45) is 0.829. The Morgan fingerprint density at radius 1 is 1.15 bits per heavy atom. The van der Waals surface area contributed by atoms with Crippen molar-refractivity contribution in [3.05, 3.63) is 29.5 Å². The quantitative estimate of drug-likeness (QED) is 0.908. The van der Waals surface area contributed by atoms with Gasteiger partial charge in [-0.05, 0) is 31.5 Å². The third-order valence-corrected chi connectivity index (χ3v) is 3.42. The molecule has 104 valence electrons. The Hall–Kier alpha value is -2.30. The van der Waals surface area contributed by atoms with Gasteiger partial charge in [-0.3, -0.25) is 0 Å². The molecule has 0 spiro atoms. The van der Waals surface area contributed by atoms with E-state index < -0.39 is 0 Å². The van der Waals surface area contributed by atoms with Gasteiger partial charge in [0.25, 0.3) is 0 Å². The molecule has 0 aliphatic carbocycles. The van der Waals surface area contributed by atoms with Gasteiger partial charge in [-0.15, -0.1) is 0 Å². The van der Waals surface area contributed by atoms with Crippen molar-refractivity contribution in [3.63, 3.8) is 0 Å². The fourth-order valence-corrected chi connectivity index (χ4v) is 2.24. The maximum absolute atomic E-state index is 5.97. The highest BCUT2D eigenvalue weighted by Crippen LogP contribution is 2.34. The molecule has 0 atom stereocenters. The minimum absolute atomic E-state index is 0.529. The van der Waals surface area contributed by atoms with E-state index in [0.29, 0.717) is 24.9 Å². The van der Waals surface area contributed by atoms with E-state index in [1.807, 2.05) is 25.1 Å². The lowest BCUT2D eigenvalue weighted by atomic mass is 10.1. The number of fused-ring (bicyclic) bond motifs is 1. The number of benzene rings is 1. The lowest BCUT2D eigenvalue weighted by molar-refractivity contribution is 0.171. The zero-order valence-corrected chi connectivity index (χ0v) is 11.6. The molecule has 0 radical (unpaired) electrons. The van der Waals surface area contributed by atoms with Crippen LogP contribution in [0.3, 0.4) is 0 Å². The van der Waals surface area contributed by atoms with E-state index in [1.165, 1.54) is 0 Å². The largest absolute Gasteiger partial charge is 0.486 e. The molecule has 1 aromatic carbocycles. The van der Waals surface area contributed by atoms with E-state index in [-0.39, 0.29) is 0 Å². The van der Waals surface area contributed by atoms with Crippen molar-refractivity contribution in [1.82, 2.24) is 9.97 Å². The summed E-state index contributed by atoms with van der Waals surface area (Å²) in [5.41, 5.74) is 8.78. The first-order valence-corrected chi connectivity index (χ1v) is 6.72. The summed E-state index contributed by atoms with van der Waals surface area (Å²) < 4.78 is 11.1. The minimum Gasteiger partial charge on any atom is -0.486 e. The number of rotatable bonds is 2. The number of hydrogen-bond acceptors (Lipinski definition) is 5. The van der Waals surface area contributed by atoms with Crippen LogP contribution < -0.4 is 15.2 Å². The maximum Gasteiger partial charge on any atom is 0.162 e. The number of aryl methyl sites for hydroxylation is 1. The van der Waals surface area contributed by atoms with Gasteiger partial charge in [0, 0.05) is 16.8 Å². The molecule has 2 N–H and O–H groups in total. The second kappa shape index (κ2) is 5.00. The summed E-state index contributed by atoms with van der Waals surface area (Å²) in [5.74, 6) is 2.65. The van der Waals surface area contributed by atoms with Crippen molar-refractivity contribution in [2.24, 2.45) is 0 Å². The molecular formula is C15H17N3O2. The van der Waals surface area contributed by atoms with E-state index in [1.54, 1.807) is 0 Å². The van der Waals surface area contributed by atoms with E-state index in [4.69, 9.17) is 15.2 Å². The molecule has 0 saturated carbocycles. The Balaban J connectivity index is 2.07. The van der Waals surface area contributed by atoms with E-state index in [2.05, 4.69) is 16.9 Å². The zero-order valence-electron chi connectivity index (χ0n) is 11.6. The Morgan fingerprint density at radius 3 is 2.65 bits per heavy atom. The number of nitrogens with zero attached hydrogens (tertiary/aromatic N) is 2. The molecule has 0 bridgehead atoms. The molecule has 0 unspecified atom stereocenters. The highest BCUT2D eigenvalue weighted by molar-refractivity contribution is 5.63. The average molecular weight is 271 g/mol. The predicted molar refractivity (Wildman–Crippen MR) is 77.0 cm³/mol. The molecule has 1 aromatic heterocycles. The van der Waals surface area contributed by atoms with Crippen molar-refractivity contribution in [3.8, 4) is 22.9 Å². The van der Waals surface area contributed by atoms with Crippen LogP contribution in [0, 0.1) is 6.92 Å². The van der Waals surface area contributed by atoms with Crippen LogP contribution in [-0.2, 0) is 6.42 Å². The molecule has 5 nitrogen and oxygen atoms in total. The average Bonchev–Trinajstić information content (AvgIpc) is 2.49. The molecular weight excluding hydrogens is 254 g/mol. The second-order valence-corrected chi connectivity index (χ2v) is 4.72. The molecule has 2 aromatic rings. The Morgan fingerprint density at radius 2 is 1.90 bits per heavy atom. The van der Waals surface area contributed by atoms with Gasteiger partial charge in [0.15, 0.2) is 17.3 Å². The van der Waals surface area contributed by atoms with Crippen LogP contribution in [0.4, 0.5) is 5.82 Å². The Kier molecular flexibility index (Phi) is 3.18. The molecule has 0 amide bonds. The van der Waals surface area contributed by atoms with Gasteiger partial charge in [-0.1, -0.05) is 6.92 Å². The van der Waals surface area contributed by atoms with Gasteiger partial charge in [-0.2, -0.15) is 0 Å². The number of hydrogen-bond donors (Lipinski definition) is 1. The SMILES string of the molecule is CCc1nc(-c2ccc3c(c2)OCCO3)nc(N)c1C. The fraction of sp³-hybridized carbons (Fsp3) is 0.333. The zero-order chi connectivity index (χ0) is 14.1. The predicted octanol–water partition coefficient (Wildman–Crippen LogP) is 2.37. The van der Waals surface area contributed by atoms with Crippen LogP contribution in [-0.4, -0.2) is 23.2 Å². The lowest BCUT2D eigenvalue weighted by Gasteiger charge is -2.18. The van der Waals surface area contributed by atoms with Crippen LogP contribution >= 0.6 is 0 Å². The monoisotopic (exact) mass is 271 g/mol. The lowest BCUT2D eigenvalue weighted by Crippen LogP contribution is -2.15. The highest BCUT2D eigenvalue weighted by atomic mass is 16.6. The topological polar surface area (TPSA) is 70.3 Å². The summed E-state index contributed by atoms with van der Waals surface area (Å²) in [5, 5.41) is 0. The maximum atomic E-state index is 5.97. The van der Waals surface area contributed by atoms with Crippen molar-refractivity contribution in [1.29, 1.82) is 0 Å². The second-order valence-electron chi connectivity index (χ2n) is 4.72. The van der Waals surface area contributed by atoms with Crippen LogP contribution in [0.25, 0.3) is 11.4 Å². The van der Waals surface area contributed by atoms with Gasteiger partial charge in [-0.25, -0.2) is 9.97 Å². The first-order valence-electron chi connectivity index (χ1n) is 6.72. The first-order chi connectivity index (χ1) is 9.69. The molecule has 3 rings (SSSR count). The Labute approximate surface area is 117 Å². The molecule has 1 aliphatic rings. The normalized spacial score (nSPS) is 13.3. The van der Waals surface area contributed by atoms with E-state index in [0.717, 1.165) is 34.7 Å². The molecule has 1 aliphatic heterocycles. The van der Waals surface area contributed by atoms with Crippen LogP contribution in [0.2, 0.25) is 0 Å². The smallest absolute Gasteiger partial charge is 0.162 e. The van der Waals surface area contributed by atoms with Gasteiger partial charge in [0.05, 0.1) is 0 Å². The molecule has 5 heteroatoms. The summed E-state index contributed by atoms with van der Waals surface area (Å²) in [4.78, 5) is 8.95. The number of nitrogen functional groups attached to an aromatic ring is 1. The van der Waals surface area contributed by atoms with Crippen molar-refractivity contribution < 1.29 is 9.47 Å². The summed E-state index contributed by atoms with van der Waals surface area (Å²) in [6.45, 7) is 5.15. The number of anilines is 1. The summed E-state index contributed by atoms with van der Waals surface area (Å²) in [6, 6.07) is 5.71. The van der Waals surface area contributed by atoms with Gasteiger partial charge in [0.2, 0.25) is 0 Å². The minimum atomic E-state index is 0.529. The molecule has 0 saturated heterocycles. The van der Waals surface area contributed by atoms with Crippen molar-refractivity contribution in [2.75, 3.05) is 18.9 Å². The van der Waals surface area contributed by atoms with Gasteiger partial charge >= 0.3 is 0 Å². The highest BCUT2D eigenvalue weighted by Gasteiger charge is 2.15. The van der Waals surface area contributed by atoms with E-state index >= 15 is 0 Å². The summed E-state index contributed by atoms with van der Waals surface area (Å²) >= 11 is 0. The van der Waals surface area contributed by atoms with Gasteiger partial charge in [0.1, 0.15) is 19.0 Å². The van der Waals surface area contributed by atoms with Crippen LogP contribution in [0.15, 0.2) is 18.2 Å². The van der Waals surface area contributed by atoms with Gasteiger partial charge < -0.3 is 15.2 Å². The standard InChI is InChI=1S/C15H17N3O2/c1-3-11-9(2)14(16)18-15(17-11)10-4-5-12-13(8-10)20-7-6-19-12/h4-5,8H,3,6-7H2,1-2H3,(H2,16,17,18). The number of nitrogens with two attached hydrogens (primary N) is 1. The van der Waals surface area contributed by atoms with Crippen LogP contribution in [0.1, 0.15) is 18.2 Å². The summed E-state index contributed by atoms with van der Waals surface area (Å²) in [7, 11) is 0. The number of aromatic nitrogens is 2. The molecule has 20 heavy (non-hydrogen) atoms. The van der Waals surface area contributed by atoms with E-state index in [9.17, 15) is 0 Å². The molecule has 2 heterocycles. The third kappa shape index (κ3) is 2.15. The number of ether oxygens (including phenoxy) is 2. The third-order valence-electron chi connectivity index (χ3n) is 3.42. The fourth-order valence-electron chi connectivity index (χ4n) is 2.24. The van der Waals surface area contributed by atoms with Crippen molar-refractivity contribution in [2.45, 2.75) is 20.3 Å². The van der Waals surface area contributed by atoms with Crippen LogP contribution in [0.5, 0.6) is 11.5 Å². The Bertz CT molecular complexity index is 656. The first kappa shape index (κ1) is 12.7.